The molecule has 0 saturated carbocycles. The van der Waals surface area contributed by atoms with Gasteiger partial charge >= 0.3 is 0 Å². The maximum atomic E-state index is 11.3. The number of oxime groups is 2. The van der Waals surface area contributed by atoms with Gasteiger partial charge in [0.1, 0.15) is 13.7 Å². The van der Waals surface area contributed by atoms with E-state index in [2.05, 4.69) is 10.3 Å². The first-order valence-corrected chi connectivity index (χ1v) is 6.18. The fourth-order valence-electron chi connectivity index (χ4n) is 1.85. The topological polar surface area (TPSA) is 69.5 Å². The normalized spacial score (nSPS) is 14.9. The first-order chi connectivity index (χ1) is 9.67. The molecule has 1 aromatic rings. The van der Waals surface area contributed by atoms with E-state index in [0.29, 0.717) is 30.1 Å². The fourth-order valence-corrected chi connectivity index (χ4v) is 1.85. The van der Waals surface area contributed by atoms with Gasteiger partial charge in [-0.1, -0.05) is 5.16 Å². The van der Waals surface area contributed by atoms with E-state index in [0.717, 1.165) is 17.4 Å². The highest BCUT2D eigenvalue weighted by Gasteiger charge is 2.22. The Labute approximate surface area is 117 Å². The van der Waals surface area contributed by atoms with Crippen LogP contribution in [0.4, 0.5) is 0 Å². The molecule has 0 aliphatic carbocycles. The molecule has 0 aromatic heterocycles. The van der Waals surface area contributed by atoms with Crippen LogP contribution in [-0.4, -0.2) is 38.2 Å². The fraction of sp³-hybridized carbons (Fsp3) is 0.357. The molecule has 1 aromatic carbocycles. The maximum absolute atomic E-state index is 11.3. The van der Waals surface area contributed by atoms with Gasteiger partial charge in [-0.15, -0.1) is 0 Å². The molecule has 0 fully saturated rings. The van der Waals surface area contributed by atoms with E-state index in [1.54, 1.807) is 6.07 Å². The summed E-state index contributed by atoms with van der Waals surface area (Å²) in [7, 11) is 1.42. The van der Waals surface area contributed by atoms with Gasteiger partial charge in [-0.05, 0) is 42.3 Å². The van der Waals surface area contributed by atoms with Crippen molar-refractivity contribution in [2.45, 2.75) is 13.8 Å². The molecule has 2 rings (SSSR count). The highest BCUT2D eigenvalue weighted by Crippen LogP contribution is 2.17. The van der Waals surface area contributed by atoms with Gasteiger partial charge in [-0.2, -0.15) is 0 Å². The Morgan fingerprint density at radius 2 is 2.10 bits per heavy atom. The van der Waals surface area contributed by atoms with Crippen LogP contribution in [0.5, 0.6) is 0 Å². The van der Waals surface area contributed by atoms with Crippen LogP contribution in [0.2, 0.25) is 0 Å². The summed E-state index contributed by atoms with van der Waals surface area (Å²) in [5.41, 5.74) is 3.51. The number of nitrogens with zero attached hydrogens (tertiary/aromatic N) is 2. The summed E-state index contributed by atoms with van der Waals surface area (Å²) in [6.45, 7) is 4.66. The van der Waals surface area contributed by atoms with Gasteiger partial charge in [0.15, 0.2) is 18.6 Å². The zero-order chi connectivity index (χ0) is 14.5. The number of hydrogen-bond donors (Lipinski definition) is 0. The number of ether oxygens (including phenoxy) is 1. The van der Waals surface area contributed by atoms with Crippen LogP contribution in [0, 0.1) is 13.8 Å². The third-order valence-electron chi connectivity index (χ3n) is 2.99. The summed E-state index contributed by atoms with van der Waals surface area (Å²) in [4.78, 5) is 21.1. The van der Waals surface area contributed by atoms with Crippen molar-refractivity contribution < 1.29 is 19.2 Å². The first-order valence-electron chi connectivity index (χ1n) is 6.18. The number of aryl methyl sites for hydroxylation is 2. The molecule has 6 heteroatoms. The van der Waals surface area contributed by atoms with Crippen molar-refractivity contribution in [3.8, 4) is 0 Å². The predicted octanol–water partition coefficient (Wildman–Crippen LogP) is 1.83. The Balaban J connectivity index is 2.55. The second kappa shape index (κ2) is 6.18. The summed E-state index contributed by atoms with van der Waals surface area (Å²) in [6.07, 6.45) is 0.775. The lowest BCUT2D eigenvalue weighted by molar-refractivity contribution is 0.0672. The molecule has 0 N–H and O–H groups in total. The molecule has 0 atom stereocenters. The molecular formula is C14H16N2O4. The van der Waals surface area contributed by atoms with Gasteiger partial charge in [-0.3, -0.25) is 4.79 Å². The zero-order valence-electron chi connectivity index (χ0n) is 11.7. The largest absolute Gasteiger partial charge is 0.470 e. The quantitative estimate of drug-likeness (QED) is 0.478. The van der Waals surface area contributed by atoms with E-state index in [1.165, 1.54) is 7.11 Å². The van der Waals surface area contributed by atoms with Crippen LogP contribution in [0.3, 0.4) is 0 Å². The summed E-state index contributed by atoms with van der Waals surface area (Å²) in [5.74, 6) is 0.212. The maximum Gasteiger partial charge on any atom is 0.280 e. The van der Waals surface area contributed by atoms with Crippen LogP contribution in [-0.2, 0) is 14.4 Å². The standard InChI is InChI=1S/C14H16N2O4/c1-9-6-11(8-17)12(7-10(9)2)13(15-18-3)14-16-20-5-4-19-14/h6-8H,4-5H2,1-3H3/b15-13+. The third kappa shape index (κ3) is 2.79. The molecule has 0 radical (unpaired) electrons. The van der Waals surface area contributed by atoms with Crippen molar-refractivity contribution in [2.75, 3.05) is 20.3 Å². The number of aldehydes is 1. The number of carbonyl (C=O) groups excluding carboxylic acids is 1. The van der Waals surface area contributed by atoms with E-state index < -0.39 is 0 Å². The van der Waals surface area contributed by atoms with E-state index in [1.807, 2.05) is 19.9 Å². The van der Waals surface area contributed by atoms with Crippen molar-refractivity contribution in [3.63, 3.8) is 0 Å². The van der Waals surface area contributed by atoms with Crippen molar-refractivity contribution in [2.24, 2.45) is 10.3 Å². The molecule has 0 unspecified atom stereocenters. The lowest BCUT2D eigenvalue weighted by atomic mass is 9.97. The molecule has 1 heterocycles. The molecule has 1 aliphatic rings. The SMILES string of the molecule is CO/N=C(/C1=NOCCO1)c1cc(C)c(C)cc1C=O. The Hall–Kier alpha value is -2.37. The van der Waals surface area contributed by atoms with Crippen LogP contribution in [0.25, 0.3) is 0 Å². The van der Waals surface area contributed by atoms with E-state index in [-0.39, 0.29) is 5.90 Å². The van der Waals surface area contributed by atoms with E-state index >= 15 is 0 Å². The van der Waals surface area contributed by atoms with Crippen LogP contribution < -0.4 is 0 Å². The zero-order valence-corrected chi connectivity index (χ0v) is 11.7. The van der Waals surface area contributed by atoms with Crippen molar-refractivity contribution >= 4 is 17.9 Å². The number of benzene rings is 1. The summed E-state index contributed by atoms with van der Waals surface area (Å²) >= 11 is 0. The lowest BCUT2D eigenvalue weighted by Crippen LogP contribution is -2.26. The molecule has 0 saturated heterocycles. The minimum atomic E-state index is 0.212. The van der Waals surface area contributed by atoms with Crippen LogP contribution in [0.1, 0.15) is 27.0 Å². The highest BCUT2D eigenvalue weighted by atomic mass is 16.7. The average molecular weight is 276 g/mol. The molecule has 106 valence electrons. The van der Waals surface area contributed by atoms with Gasteiger partial charge < -0.3 is 14.4 Å². The first kappa shape index (κ1) is 14.0. The van der Waals surface area contributed by atoms with Gasteiger partial charge in [-0.25, -0.2) is 0 Å². The van der Waals surface area contributed by atoms with Gasteiger partial charge in [0.25, 0.3) is 5.90 Å². The molecular weight excluding hydrogens is 260 g/mol. The molecule has 6 nitrogen and oxygen atoms in total. The molecule has 20 heavy (non-hydrogen) atoms. The Bertz CT molecular complexity index is 579. The second-order valence-corrected chi connectivity index (χ2v) is 4.34. The van der Waals surface area contributed by atoms with Crippen LogP contribution >= 0.6 is 0 Å². The minimum absolute atomic E-state index is 0.212. The van der Waals surface area contributed by atoms with E-state index in [9.17, 15) is 4.79 Å². The lowest BCUT2D eigenvalue weighted by Gasteiger charge is -2.16. The number of carbonyl (C=O) groups is 1. The molecule has 0 amide bonds. The molecule has 0 spiro atoms. The van der Waals surface area contributed by atoms with Gasteiger partial charge in [0, 0.05) is 11.1 Å². The average Bonchev–Trinajstić information content (AvgIpc) is 2.48. The number of hydrogen-bond acceptors (Lipinski definition) is 6. The van der Waals surface area contributed by atoms with Crippen molar-refractivity contribution in [1.29, 1.82) is 0 Å². The molecule has 0 bridgehead atoms. The molecule has 1 aliphatic heterocycles. The minimum Gasteiger partial charge on any atom is -0.470 e. The summed E-state index contributed by atoms with van der Waals surface area (Å²) in [6, 6.07) is 3.66. The predicted molar refractivity (Wildman–Crippen MR) is 74.2 cm³/mol. The van der Waals surface area contributed by atoms with Crippen molar-refractivity contribution in [1.82, 2.24) is 0 Å². The summed E-state index contributed by atoms with van der Waals surface area (Å²) < 4.78 is 5.41. The monoisotopic (exact) mass is 276 g/mol. The summed E-state index contributed by atoms with van der Waals surface area (Å²) in [5, 5.41) is 7.74. The third-order valence-corrected chi connectivity index (χ3v) is 2.99. The van der Waals surface area contributed by atoms with Crippen molar-refractivity contribution in [3.05, 3.63) is 34.4 Å². The van der Waals surface area contributed by atoms with E-state index in [4.69, 9.17) is 14.4 Å². The van der Waals surface area contributed by atoms with Gasteiger partial charge in [0.2, 0.25) is 0 Å². The Morgan fingerprint density at radius 1 is 1.35 bits per heavy atom. The highest BCUT2D eigenvalue weighted by molar-refractivity contribution is 6.46. The number of rotatable bonds is 4. The smallest absolute Gasteiger partial charge is 0.280 e. The van der Waals surface area contributed by atoms with Crippen LogP contribution in [0.15, 0.2) is 22.4 Å². The second-order valence-electron chi connectivity index (χ2n) is 4.34. The van der Waals surface area contributed by atoms with Gasteiger partial charge in [0.05, 0.1) is 0 Å². The Kier molecular flexibility index (Phi) is 4.34. The Morgan fingerprint density at radius 3 is 2.70 bits per heavy atom.